The summed E-state index contributed by atoms with van der Waals surface area (Å²) in [6.07, 6.45) is 4.32. The molecule has 0 radical (unpaired) electrons. The highest BCUT2D eigenvalue weighted by molar-refractivity contribution is 6.30. The summed E-state index contributed by atoms with van der Waals surface area (Å²) in [5.74, 6) is 0.914. The normalized spacial score (nSPS) is 18.3. The maximum absolute atomic E-state index is 5.72. The van der Waals surface area contributed by atoms with Crippen LogP contribution in [-0.2, 0) is 0 Å². The molecule has 1 aromatic rings. The van der Waals surface area contributed by atoms with E-state index in [-0.39, 0.29) is 0 Å². The van der Waals surface area contributed by atoms with Gasteiger partial charge in [0, 0.05) is 12.7 Å². The van der Waals surface area contributed by atoms with Crippen molar-refractivity contribution in [1.29, 1.82) is 0 Å². The Morgan fingerprint density at radius 2 is 2.31 bits per heavy atom. The van der Waals surface area contributed by atoms with Crippen LogP contribution in [0.5, 0.6) is 0 Å². The minimum Gasteiger partial charge on any atom is -0.370 e. The van der Waals surface area contributed by atoms with Gasteiger partial charge >= 0.3 is 0 Å². The van der Waals surface area contributed by atoms with Crippen molar-refractivity contribution in [3.63, 3.8) is 0 Å². The van der Waals surface area contributed by atoms with E-state index >= 15 is 0 Å². The van der Waals surface area contributed by atoms with E-state index in [1.165, 1.54) is 12.8 Å². The Balaban J connectivity index is 1.91. The number of nitrogens with one attached hydrogen (secondary N) is 1. The van der Waals surface area contributed by atoms with Gasteiger partial charge in [0.15, 0.2) is 0 Å². The molecule has 0 spiro atoms. The molecule has 13 heavy (non-hydrogen) atoms. The SMILES string of the molecule is CC1(CNc2ccc(Cl)cn2)CC1. The van der Waals surface area contributed by atoms with E-state index < -0.39 is 0 Å². The Morgan fingerprint density at radius 1 is 1.54 bits per heavy atom. The zero-order valence-corrected chi connectivity index (χ0v) is 8.43. The predicted octanol–water partition coefficient (Wildman–Crippen LogP) is 2.95. The van der Waals surface area contributed by atoms with Crippen LogP contribution in [0, 0.1) is 5.41 Å². The van der Waals surface area contributed by atoms with Gasteiger partial charge in [-0.05, 0) is 30.4 Å². The maximum Gasteiger partial charge on any atom is 0.126 e. The zero-order chi connectivity index (χ0) is 9.31. The standard InChI is InChI=1S/C10H13ClN2/c1-10(4-5-10)7-13-9-3-2-8(11)6-12-9/h2-3,6H,4-5,7H2,1H3,(H,12,13). The van der Waals surface area contributed by atoms with E-state index in [1.807, 2.05) is 12.1 Å². The van der Waals surface area contributed by atoms with Gasteiger partial charge in [-0.1, -0.05) is 18.5 Å². The molecule has 2 rings (SSSR count). The summed E-state index contributed by atoms with van der Waals surface area (Å²) in [7, 11) is 0. The molecule has 70 valence electrons. The van der Waals surface area contributed by atoms with Crippen molar-refractivity contribution in [1.82, 2.24) is 4.98 Å². The summed E-state index contributed by atoms with van der Waals surface area (Å²) < 4.78 is 0. The Kier molecular flexibility index (Phi) is 2.16. The fraction of sp³-hybridized carbons (Fsp3) is 0.500. The quantitative estimate of drug-likeness (QED) is 0.804. The average molecular weight is 197 g/mol. The number of anilines is 1. The summed E-state index contributed by atoms with van der Waals surface area (Å²) in [4.78, 5) is 4.17. The monoisotopic (exact) mass is 196 g/mol. The summed E-state index contributed by atoms with van der Waals surface area (Å²) >= 11 is 5.72. The summed E-state index contributed by atoms with van der Waals surface area (Å²) in [5, 5.41) is 3.99. The third-order valence-electron chi connectivity index (χ3n) is 2.53. The van der Waals surface area contributed by atoms with Gasteiger partial charge in [0.05, 0.1) is 5.02 Å². The maximum atomic E-state index is 5.72. The van der Waals surface area contributed by atoms with Gasteiger partial charge in [-0.2, -0.15) is 0 Å². The number of nitrogens with zero attached hydrogens (tertiary/aromatic N) is 1. The van der Waals surface area contributed by atoms with Crippen LogP contribution < -0.4 is 5.32 Å². The first-order chi connectivity index (χ1) is 6.18. The molecule has 0 saturated heterocycles. The molecule has 1 N–H and O–H groups in total. The van der Waals surface area contributed by atoms with Crippen LogP contribution in [0.2, 0.25) is 5.02 Å². The molecule has 0 atom stereocenters. The lowest BCUT2D eigenvalue weighted by Gasteiger charge is -2.09. The molecular formula is C10H13ClN2. The molecule has 1 fully saturated rings. The van der Waals surface area contributed by atoms with E-state index in [1.54, 1.807) is 6.20 Å². The van der Waals surface area contributed by atoms with Crippen LogP contribution in [0.25, 0.3) is 0 Å². The lowest BCUT2D eigenvalue weighted by Crippen LogP contribution is -2.12. The topological polar surface area (TPSA) is 24.9 Å². The van der Waals surface area contributed by atoms with Crippen LogP contribution in [-0.4, -0.2) is 11.5 Å². The largest absolute Gasteiger partial charge is 0.370 e. The first kappa shape index (κ1) is 8.82. The number of pyridine rings is 1. The Hall–Kier alpha value is -0.760. The van der Waals surface area contributed by atoms with E-state index in [9.17, 15) is 0 Å². The Labute approximate surface area is 83.3 Å². The van der Waals surface area contributed by atoms with Gasteiger partial charge in [0.1, 0.15) is 5.82 Å². The lowest BCUT2D eigenvalue weighted by molar-refractivity contribution is 0.609. The van der Waals surface area contributed by atoms with Gasteiger partial charge in [-0.25, -0.2) is 4.98 Å². The van der Waals surface area contributed by atoms with Crippen LogP contribution >= 0.6 is 11.6 Å². The molecule has 0 aromatic carbocycles. The molecule has 1 aliphatic carbocycles. The fourth-order valence-corrected chi connectivity index (χ4v) is 1.29. The molecular weight excluding hydrogens is 184 g/mol. The summed E-state index contributed by atoms with van der Waals surface area (Å²) in [6, 6.07) is 3.76. The van der Waals surface area contributed by atoms with Crippen LogP contribution in [0.3, 0.4) is 0 Å². The zero-order valence-electron chi connectivity index (χ0n) is 7.68. The minimum atomic E-state index is 0.515. The number of aromatic nitrogens is 1. The van der Waals surface area contributed by atoms with E-state index in [0.717, 1.165) is 12.4 Å². The number of hydrogen-bond acceptors (Lipinski definition) is 2. The third-order valence-corrected chi connectivity index (χ3v) is 2.75. The molecule has 1 heterocycles. The van der Waals surface area contributed by atoms with Gasteiger partial charge in [-0.15, -0.1) is 0 Å². The molecule has 0 aliphatic heterocycles. The Morgan fingerprint density at radius 3 is 2.85 bits per heavy atom. The van der Waals surface area contributed by atoms with Crippen molar-refractivity contribution in [3.8, 4) is 0 Å². The highest BCUT2D eigenvalue weighted by atomic mass is 35.5. The Bertz CT molecular complexity index is 290. The van der Waals surface area contributed by atoms with Crippen molar-refractivity contribution >= 4 is 17.4 Å². The van der Waals surface area contributed by atoms with Gasteiger partial charge in [-0.3, -0.25) is 0 Å². The van der Waals surface area contributed by atoms with Crippen molar-refractivity contribution in [3.05, 3.63) is 23.4 Å². The molecule has 0 bridgehead atoms. The van der Waals surface area contributed by atoms with Crippen molar-refractivity contribution in [2.45, 2.75) is 19.8 Å². The second-order valence-electron chi connectivity index (χ2n) is 4.03. The molecule has 0 amide bonds. The van der Waals surface area contributed by atoms with Crippen molar-refractivity contribution in [2.75, 3.05) is 11.9 Å². The van der Waals surface area contributed by atoms with E-state index in [0.29, 0.717) is 10.4 Å². The summed E-state index contributed by atoms with van der Waals surface area (Å²) in [6.45, 7) is 3.30. The lowest BCUT2D eigenvalue weighted by atomic mass is 10.1. The van der Waals surface area contributed by atoms with E-state index in [4.69, 9.17) is 11.6 Å². The highest BCUT2D eigenvalue weighted by Crippen LogP contribution is 2.44. The predicted molar refractivity (Wildman–Crippen MR) is 55.1 cm³/mol. The van der Waals surface area contributed by atoms with Crippen molar-refractivity contribution < 1.29 is 0 Å². The second-order valence-corrected chi connectivity index (χ2v) is 4.46. The minimum absolute atomic E-state index is 0.515. The molecule has 3 heteroatoms. The smallest absolute Gasteiger partial charge is 0.126 e. The fourth-order valence-electron chi connectivity index (χ4n) is 1.17. The first-order valence-corrected chi connectivity index (χ1v) is 4.91. The van der Waals surface area contributed by atoms with Crippen molar-refractivity contribution in [2.24, 2.45) is 5.41 Å². The number of hydrogen-bond donors (Lipinski definition) is 1. The second kappa shape index (κ2) is 3.18. The average Bonchev–Trinajstić information content (AvgIpc) is 2.84. The van der Waals surface area contributed by atoms with Gasteiger partial charge in [0.25, 0.3) is 0 Å². The first-order valence-electron chi connectivity index (χ1n) is 4.53. The molecule has 1 aromatic heterocycles. The van der Waals surface area contributed by atoms with Gasteiger partial charge < -0.3 is 5.32 Å². The molecule has 0 unspecified atom stereocenters. The third kappa shape index (κ3) is 2.34. The molecule has 2 nitrogen and oxygen atoms in total. The van der Waals surface area contributed by atoms with Crippen LogP contribution in [0.4, 0.5) is 5.82 Å². The highest BCUT2D eigenvalue weighted by Gasteiger charge is 2.36. The summed E-state index contributed by atoms with van der Waals surface area (Å²) in [5.41, 5.74) is 0.515. The number of halogens is 1. The number of rotatable bonds is 3. The van der Waals surface area contributed by atoms with Crippen LogP contribution in [0.15, 0.2) is 18.3 Å². The van der Waals surface area contributed by atoms with Crippen LogP contribution in [0.1, 0.15) is 19.8 Å². The molecule has 1 aliphatic rings. The molecule has 1 saturated carbocycles. The van der Waals surface area contributed by atoms with Gasteiger partial charge in [0.2, 0.25) is 0 Å². The van der Waals surface area contributed by atoms with E-state index in [2.05, 4.69) is 17.2 Å².